The molecule has 4 rings (SSSR count). The van der Waals surface area contributed by atoms with E-state index >= 15 is 0 Å². The molecule has 0 spiro atoms. The Morgan fingerprint density at radius 2 is 1.70 bits per heavy atom. The lowest BCUT2D eigenvalue weighted by atomic mass is 10.1. The number of benzene rings is 2. The third kappa shape index (κ3) is 3.68. The first kappa shape index (κ1) is 18.0. The summed E-state index contributed by atoms with van der Waals surface area (Å²) in [5.74, 6) is 0.0451. The molecule has 0 radical (unpaired) electrons. The van der Waals surface area contributed by atoms with Gasteiger partial charge in [0.15, 0.2) is 12.2 Å². The number of aryl methyl sites for hydroxylation is 1. The Labute approximate surface area is 171 Å². The van der Waals surface area contributed by atoms with Crippen molar-refractivity contribution < 1.29 is 9.20 Å². The number of hydrogen-bond donors (Lipinski definition) is 0. The Bertz CT molecular complexity index is 1130. The SMILES string of the molecule is Cc1ccc2n(CC(=O)c3ccc(Cl)cc3)c(-c3ccc(Br)cc3)c[n+]2c1. The molecule has 3 nitrogen and oxygen atoms in total. The van der Waals surface area contributed by atoms with Crippen molar-refractivity contribution in [1.29, 1.82) is 0 Å². The Kier molecular flexibility index (Phi) is 4.85. The van der Waals surface area contributed by atoms with Crippen LogP contribution in [0.25, 0.3) is 16.9 Å². The van der Waals surface area contributed by atoms with Crippen molar-refractivity contribution in [3.05, 3.63) is 93.7 Å². The van der Waals surface area contributed by atoms with Crippen LogP contribution in [-0.4, -0.2) is 10.4 Å². The number of aromatic nitrogens is 2. The normalized spacial score (nSPS) is 11.1. The van der Waals surface area contributed by atoms with Gasteiger partial charge in [-0.25, -0.2) is 8.97 Å². The van der Waals surface area contributed by atoms with Crippen LogP contribution in [0.5, 0.6) is 0 Å². The predicted octanol–water partition coefficient (Wildman–Crippen LogP) is 5.50. The second-order valence-electron chi connectivity index (χ2n) is 6.51. The van der Waals surface area contributed by atoms with Gasteiger partial charge in [0.2, 0.25) is 5.78 Å². The van der Waals surface area contributed by atoms with Crippen molar-refractivity contribution in [3.8, 4) is 11.3 Å². The molecule has 4 aromatic rings. The van der Waals surface area contributed by atoms with Crippen LogP contribution in [0.15, 0.2) is 77.5 Å². The average molecular weight is 441 g/mol. The maximum absolute atomic E-state index is 12.9. The first-order chi connectivity index (χ1) is 13.0. The van der Waals surface area contributed by atoms with Gasteiger partial charge in [-0.05, 0) is 67.1 Å². The fraction of sp³-hybridized carbons (Fsp3) is 0.0909. The summed E-state index contributed by atoms with van der Waals surface area (Å²) in [6, 6.07) is 19.3. The summed E-state index contributed by atoms with van der Waals surface area (Å²) >= 11 is 9.43. The zero-order valence-corrected chi connectivity index (χ0v) is 17.0. The van der Waals surface area contributed by atoms with Crippen LogP contribution >= 0.6 is 27.5 Å². The molecule has 0 unspecified atom stereocenters. The van der Waals surface area contributed by atoms with Crippen LogP contribution in [0.4, 0.5) is 0 Å². The Morgan fingerprint density at radius 1 is 1.00 bits per heavy atom. The van der Waals surface area contributed by atoms with Crippen LogP contribution in [0.3, 0.4) is 0 Å². The number of pyridine rings is 1. The molecule has 2 aromatic heterocycles. The number of carbonyl (C=O) groups is 1. The van der Waals surface area contributed by atoms with Gasteiger partial charge < -0.3 is 0 Å². The fourth-order valence-electron chi connectivity index (χ4n) is 3.17. The summed E-state index contributed by atoms with van der Waals surface area (Å²) in [6.07, 6.45) is 4.14. The largest absolute Gasteiger partial charge is 0.290 e. The molecule has 0 atom stereocenters. The molecule has 2 aromatic carbocycles. The van der Waals surface area contributed by atoms with E-state index in [9.17, 15) is 4.79 Å². The highest BCUT2D eigenvalue weighted by molar-refractivity contribution is 9.10. The zero-order chi connectivity index (χ0) is 19.0. The van der Waals surface area contributed by atoms with Crippen LogP contribution in [0, 0.1) is 6.92 Å². The molecular formula is C22H17BrClN2O+. The van der Waals surface area contributed by atoms with E-state index < -0.39 is 0 Å². The number of carbonyl (C=O) groups excluding carboxylic acids is 1. The highest BCUT2D eigenvalue weighted by Gasteiger charge is 2.22. The molecule has 0 saturated carbocycles. The lowest BCUT2D eigenvalue weighted by molar-refractivity contribution is -0.510. The van der Waals surface area contributed by atoms with E-state index in [1.807, 2.05) is 18.2 Å². The van der Waals surface area contributed by atoms with Crippen LogP contribution in [-0.2, 0) is 6.54 Å². The second-order valence-corrected chi connectivity index (χ2v) is 7.86. The summed E-state index contributed by atoms with van der Waals surface area (Å²) in [5, 5.41) is 0.625. The molecule has 5 heteroatoms. The summed E-state index contributed by atoms with van der Waals surface area (Å²) in [6.45, 7) is 2.31. The minimum atomic E-state index is 0.0451. The summed E-state index contributed by atoms with van der Waals surface area (Å²) in [4.78, 5) is 12.9. The lowest BCUT2D eigenvalue weighted by Crippen LogP contribution is -2.20. The van der Waals surface area contributed by atoms with Gasteiger partial charge in [0.05, 0.1) is 6.20 Å². The third-order valence-corrected chi connectivity index (χ3v) is 5.32. The summed E-state index contributed by atoms with van der Waals surface area (Å²) in [5.41, 5.74) is 4.84. The number of Topliss-reactive ketones (excluding diaryl/α,β-unsaturated/α-hetero) is 1. The maximum atomic E-state index is 12.9. The molecule has 0 bridgehead atoms. The average Bonchev–Trinajstić information content (AvgIpc) is 3.00. The number of halogens is 2. The Morgan fingerprint density at radius 3 is 2.41 bits per heavy atom. The first-order valence-corrected chi connectivity index (χ1v) is 9.74. The van der Waals surface area contributed by atoms with E-state index in [2.05, 4.69) is 62.4 Å². The molecule has 2 heterocycles. The highest BCUT2D eigenvalue weighted by atomic mass is 79.9. The Hall–Kier alpha value is -2.43. The summed E-state index contributed by atoms with van der Waals surface area (Å²) in [7, 11) is 0. The van der Waals surface area contributed by atoms with Gasteiger partial charge in [0, 0.05) is 26.7 Å². The standard InChI is InChI=1S/C22H17BrClN2O/c1-15-2-11-22-25(12-15)13-20(16-3-7-18(23)8-4-16)26(22)14-21(27)17-5-9-19(24)10-6-17/h2-13H,14H2,1H3/q+1. The molecule has 0 aliphatic heterocycles. The number of rotatable bonds is 4. The number of imidazole rings is 1. The lowest BCUT2D eigenvalue weighted by Gasteiger charge is -2.04. The van der Waals surface area contributed by atoms with Crippen molar-refractivity contribution in [3.63, 3.8) is 0 Å². The predicted molar refractivity (Wildman–Crippen MR) is 111 cm³/mol. The van der Waals surface area contributed by atoms with Gasteiger partial charge in [-0.15, -0.1) is 0 Å². The van der Waals surface area contributed by atoms with E-state index in [0.717, 1.165) is 26.9 Å². The van der Waals surface area contributed by atoms with Gasteiger partial charge in [0.25, 0.3) is 5.65 Å². The molecule has 0 amide bonds. The molecule has 27 heavy (non-hydrogen) atoms. The van der Waals surface area contributed by atoms with Crippen molar-refractivity contribution in [2.45, 2.75) is 13.5 Å². The van der Waals surface area contributed by atoms with E-state index in [-0.39, 0.29) is 12.3 Å². The van der Waals surface area contributed by atoms with Gasteiger partial charge in [0.1, 0.15) is 6.20 Å². The van der Waals surface area contributed by atoms with E-state index in [1.165, 1.54) is 0 Å². The van der Waals surface area contributed by atoms with Crippen LogP contribution < -0.4 is 4.40 Å². The van der Waals surface area contributed by atoms with Crippen molar-refractivity contribution in [1.82, 2.24) is 4.57 Å². The molecule has 0 N–H and O–H groups in total. The number of fused-ring (bicyclic) bond motifs is 1. The minimum absolute atomic E-state index is 0.0451. The smallest absolute Gasteiger partial charge is 0.287 e. The molecule has 0 aliphatic rings. The van der Waals surface area contributed by atoms with Gasteiger partial charge in [-0.3, -0.25) is 4.79 Å². The number of ketones is 1. The highest BCUT2D eigenvalue weighted by Crippen LogP contribution is 2.24. The topological polar surface area (TPSA) is 26.1 Å². The summed E-state index contributed by atoms with van der Waals surface area (Å²) < 4.78 is 5.15. The van der Waals surface area contributed by atoms with Crippen LogP contribution in [0.2, 0.25) is 5.02 Å². The van der Waals surface area contributed by atoms with Gasteiger partial charge in [-0.2, -0.15) is 0 Å². The molecule has 0 saturated heterocycles. The van der Waals surface area contributed by atoms with Crippen molar-refractivity contribution in [2.75, 3.05) is 0 Å². The van der Waals surface area contributed by atoms with E-state index in [1.54, 1.807) is 24.3 Å². The first-order valence-electron chi connectivity index (χ1n) is 8.57. The van der Waals surface area contributed by atoms with E-state index in [4.69, 9.17) is 11.6 Å². The third-order valence-electron chi connectivity index (χ3n) is 4.54. The van der Waals surface area contributed by atoms with Gasteiger partial charge in [-0.1, -0.05) is 27.5 Å². The molecule has 0 aliphatic carbocycles. The van der Waals surface area contributed by atoms with E-state index in [0.29, 0.717) is 10.6 Å². The Balaban J connectivity index is 1.82. The monoisotopic (exact) mass is 439 g/mol. The van der Waals surface area contributed by atoms with Crippen LogP contribution in [0.1, 0.15) is 15.9 Å². The molecule has 134 valence electrons. The maximum Gasteiger partial charge on any atom is 0.287 e. The number of nitrogens with zero attached hydrogens (tertiary/aromatic N) is 2. The second kappa shape index (κ2) is 7.29. The van der Waals surface area contributed by atoms with Gasteiger partial charge >= 0.3 is 0 Å². The molecule has 0 fully saturated rings. The fourth-order valence-corrected chi connectivity index (χ4v) is 3.56. The minimum Gasteiger partial charge on any atom is -0.290 e. The quantitative estimate of drug-likeness (QED) is 0.304. The van der Waals surface area contributed by atoms with Crippen molar-refractivity contribution >= 4 is 39.0 Å². The zero-order valence-electron chi connectivity index (χ0n) is 14.7. The molecular weight excluding hydrogens is 424 g/mol. The van der Waals surface area contributed by atoms with Crippen molar-refractivity contribution in [2.24, 2.45) is 0 Å². The number of hydrogen-bond acceptors (Lipinski definition) is 1.